The van der Waals surface area contributed by atoms with Crippen LogP contribution in [0, 0.1) is 6.92 Å². The molecule has 0 aliphatic carbocycles. The number of hydrogen-bond donors (Lipinski definition) is 2. The first-order valence-electron chi connectivity index (χ1n) is 8.87. The number of para-hydroxylation sites is 1. The number of hydrogen-bond acceptors (Lipinski definition) is 4. The number of aryl methyl sites for hydroxylation is 2. The Morgan fingerprint density at radius 1 is 1.07 bits per heavy atom. The fourth-order valence-corrected chi connectivity index (χ4v) is 2.55. The Balaban J connectivity index is 1.50. The van der Waals surface area contributed by atoms with E-state index < -0.39 is 0 Å². The molecule has 7 heteroatoms. The highest BCUT2D eigenvalue weighted by Gasteiger charge is 2.12. The second kappa shape index (κ2) is 8.85. The molecule has 0 aliphatic rings. The number of anilines is 1. The van der Waals surface area contributed by atoms with Crippen molar-refractivity contribution in [2.24, 2.45) is 7.05 Å². The highest BCUT2D eigenvalue weighted by atomic mass is 16.5. The van der Waals surface area contributed by atoms with Gasteiger partial charge in [-0.05, 0) is 42.8 Å². The molecular formula is C21H22N4O3. The van der Waals surface area contributed by atoms with Gasteiger partial charge in [0.1, 0.15) is 18.1 Å². The third-order valence-electron chi connectivity index (χ3n) is 4.12. The summed E-state index contributed by atoms with van der Waals surface area (Å²) in [6, 6.07) is 18.6. The van der Waals surface area contributed by atoms with Gasteiger partial charge in [0.2, 0.25) is 5.91 Å². The van der Waals surface area contributed by atoms with E-state index in [1.54, 1.807) is 23.9 Å². The lowest BCUT2D eigenvalue weighted by molar-refractivity contribution is -0.115. The average Bonchev–Trinajstić information content (AvgIpc) is 3.04. The van der Waals surface area contributed by atoms with Crippen LogP contribution in [-0.2, 0) is 18.4 Å². The lowest BCUT2D eigenvalue weighted by Gasteiger charge is -2.09. The van der Waals surface area contributed by atoms with Crippen LogP contribution in [0.15, 0.2) is 60.7 Å². The van der Waals surface area contributed by atoms with Crippen molar-refractivity contribution >= 4 is 17.5 Å². The molecule has 1 aromatic heterocycles. The van der Waals surface area contributed by atoms with Gasteiger partial charge in [-0.25, -0.2) is 0 Å². The monoisotopic (exact) mass is 378 g/mol. The largest absolute Gasteiger partial charge is 0.489 e. The molecule has 0 saturated heterocycles. The number of aromatic nitrogens is 2. The molecule has 3 rings (SSSR count). The van der Waals surface area contributed by atoms with Crippen LogP contribution < -0.4 is 15.4 Å². The Morgan fingerprint density at radius 3 is 2.57 bits per heavy atom. The zero-order valence-corrected chi connectivity index (χ0v) is 15.8. The summed E-state index contributed by atoms with van der Waals surface area (Å²) in [7, 11) is 1.76. The lowest BCUT2D eigenvalue weighted by Crippen LogP contribution is -2.33. The van der Waals surface area contributed by atoms with Gasteiger partial charge < -0.3 is 15.4 Å². The van der Waals surface area contributed by atoms with Crippen LogP contribution in [0.3, 0.4) is 0 Å². The summed E-state index contributed by atoms with van der Waals surface area (Å²) in [6.45, 7) is 2.10. The second-order valence-corrected chi connectivity index (χ2v) is 6.33. The molecule has 0 unspecified atom stereocenters. The standard InChI is InChI=1S/C21H22N4O3/c1-15-11-19(24-25(15)2)21(27)22-13-20(26)23-17-8-6-7-16(12-17)14-28-18-9-4-3-5-10-18/h3-12H,13-14H2,1-2H3,(H,22,27)(H,23,26). The van der Waals surface area contributed by atoms with Gasteiger partial charge in [0.15, 0.2) is 0 Å². The molecule has 2 amide bonds. The molecule has 0 radical (unpaired) electrons. The molecule has 0 aliphatic heterocycles. The molecule has 0 spiro atoms. The van der Waals surface area contributed by atoms with E-state index in [2.05, 4.69) is 15.7 Å². The van der Waals surface area contributed by atoms with Crippen molar-refractivity contribution in [1.29, 1.82) is 0 Å². The summed E-state index contributed by atoms with van der Waals surface area (Å²) < 4.78 is 7.32. The zero-order chi connectivity index (χ0) is 19.9. The molecule has 2 aromatic carbocycles. The van der Waals surface area contributed by atoms with E-state index >= 15 is 0 Å². The first kappa shape index (κ1) is 19.2. The lowest BCUT2D eigenvalue weighted by atomic mass is 10.2. The average molecular weight is 378 g/mol. The predicted molar refractivity (Wildman–Crippen MR) is 106 cm³/mol. The van der Waals surface area contributed by atoms with E-state index in [9.17, 15) is 9.59 Å². The Hall–Kier alpha value is -3.61. The van der Waals surface area contributed by atoms with Crippen molar-refractivity contribution in [3.63, 3.8) is 0 Å². The van der Waals surface area contributed by atoms with Gasteiger partial charge in [-0.2, -0.15) is 5.10 Å². The van der Waals surface area contributed by atoms with Gasteiger partial charge in [-0.3, -0.25) is 14.3 Å². The number of amides is 2. The molecule has 0 atom stereocenters. The zero-order valence-electron chi connectivity index (χ0n) is 15.8. The first-order chi connectivity index (χ1) is 13.5. The minimum Gasteiger partial charge on any atom is -0.489 e. The summed E-state index contributed by atoms with van der Waals surface area (Å²) in [6.07, 6.45) is 0. The minimum atomic E-state index is -0.385. The molecule has 2 N–H and O–H groups in total. The highest BCUT2D eigenvalue weighted by Crippen LogP contribution is 2.15. The molecule has 0 saturated carbocycles. The molecule has 7 nitrogen and oxygen atoms in total. The first-order valence-corrected chi connectivity index (χ1v) is 8.87. The quantitative estimate of drug-likeness (QED) is 0.662. The van der Waals surface area contributed by atoms with Crippen LogP contribution in [0.25, 0.3) is 0 Å². The maximum atomic E-state index is 12.1. The fourth-order valence-electron chi connectivity index (χ4n) is 2.55. The topological polar surface area (TPSA) is 85.2 Å². The number of carbonyl (C=O) groups excluding carboxylic acids is 2. The minimum absolute atomic E-state index is 0.140. The maximum Gasteiger partial charge on any atom is 0.272 e. The van der Waals surface area contributed by atoms with Crippen molar-refractivity contribution in [2.45, 2.75) is 13.5 Å². The Kier molecular flexibility index (Phi) is 6.06. The predicted octanol–water partition coefficient (Wildman–Crippen LogP) is 2.68. The molecule has 28 heavy (non-hydrogen) atoms. The summed E-state index contributed by atoms with van der Waals surface area (Å²) in [5.74, 6) is 0.0791. The number of ether oxygens (including phenoxy) is 1. The van der Waals surface area contributed by atoms with Gasteiger partial charge in [0.25, 0.3) is 5.91 Å². The molecule has 1 heterocycles. The molecule has 3 aromatic rings. The van der Waals surface area contributed by atoms with Crippen LogP contribution >= 0.6 is 0 Å². The van der Waals surface area contributed by atoms with E-state index in [0.717, 1.165) is 17.0 Å². The van der Waals surface area contributed by atoms with Gasteiger partial charge in [0, 0.05) is 18.4 Å². The number of nitrogens with one attached hydrogen (secondary N) is 2. The van der Waals surface area contributed by atoms with Gasteiger partial charge in [0.05, 0.1) is 6.54 Å². The van der Waals surface area contributed by atoms with Crippen molar-refractivity contribution in [3.05, 3.63) is 77.6 Å². The van der Waals surface area contributed by atoms with E-state index in [0.29, 0.717) is 12.3 Å². The van der Waals surface area contributed by atoms with Crippen molar-refractivity contribution in [2.75, 3.05) is 11.9 Å². The third-order valence-corrected chi connectivity index (χ3v) is 4.12. The van der Waals surface area contributed by atoms with E-state index in [-0.39, 0.29) is 24.1 Å². The van der Waals surface area contributed by atoms with Gasteiger partial charge in [-0.1, -0.05) is 30.3 Å². The SMILES string of the molecule is Cc1cc(C(=O)NCC(=O)Nc2cccc(COc3ccccc3)c2)nn1C. The maximum absolute atomic E-state index is 12.1. The molecule has 0 fully saturated rings. The van der Waals surface area contributed by atoms with Crippen LogP contribution in [0.5, 0.6) is 5.75 Å². The van der Waals surface area contributed by atoms with Crippen molar-refractivity contribution < 1.29 is 14.3 Å². The summed E-state index contributed by atoms with van der Waals surface area (Å²) in [4.78, 5) is 24.2. The van der Waals surface area contributed by atoms with Gasteiger partial charge >= 0.3 is 0 Å². The fraction of sp³-hybridized carbons (Fsp3) is 0.190. The van der Waals surface area contributed by atoms with E-state index in [1.807, 2.05) is 55.5 Å². The second-order valence-electron chi connectivity index (χ2n) is 6.33. The summed E-state index contributed by atoms with van der Waals surface area (Å²) in [5, 5.41) is 9.43. The Morgan fingerprint density at radius 2 is 1.86 bits per heavy atom. The van der Waals surface area contributed by atoms with Crippen molar-refractivity contribution in [1.82, 2.24) is 15.1 Å². The normalized spacial score (nSPS) is 10.4. The number of benzene rings is 2. The van der Waals surface area contributed by atoms with Gasteiger partial charge in [-0.15, -0.1) is 0 Å². The van der Waals surface area contributed by atoms with Crippen LogP contribution in [-0.4, -0.2) is 28.1 Å². The Bertz CT molecular complexity index is 947. The van der Waals surface area contributed by atoms with E-state index in [4.69, 9.17) is 4.74 Å². The van der Waals surface area contributed by atoms with Crippen LogP contribution in [0.1, 0.15) is 21.7 Å². The highest BCUT2D eigenvalue weighted by molar-refractivity contribution is 5.98. The number of carbonyl (C=O) groups is 2. The molecular weight excluding hydrogens is 356 g/mol. The van der Waals surface area contributed by atoms with E-state index in [1.165, 1.54) is 0 Å². The summed E-state index contributed by atoms with van der Waals surface area (Å²) in [5.41, 5.74) is 2.72. The smallest absolute Gasteiger partial charge is 0.272 e. The van der Waals surface area contributed by atoms with Crippen molar-refractivity contribution in [3.8, 4) is 5.75 Å². The number of nitrogens with zero attached hydrogens (tertiary/aromatic N) is 2. The third kappa shape index (κ3) is 5.20. The molecule has 0 bridgehead atoms. The summed E-state index contributed by atoms with van der Waals surface area (Å²) >= 11 is 0. The molecule has 144 valence electrons. The Labute approximate surface area is 163 Å². The van der Waals surface area contributed by atoms with Crippen LogP contribution in [0.4, 0.5) is 5.69 Å². The number of rotatable bonds is 7. The van der Waals surface area contributed by atoms with Crippen LogP contribution in [0.2, 0.25) is 0 Å².